The first-order chi connectivity index (χ1) is 13.4. The molecule has 1 aliphatic carbocycles. The summed E-state index contributed by atoms with van der Waals surface area (Å²) in [4.78, 5) is 0. The van der Waals surface area contributed by atoms with E-state index in [1.165, 1.54) is 65.6 Å². The maximum atomic E-state index is 2.41. The molecule has 5 rings (SSSR count). The minimum Gasteiger partial charge on any atom is -0.0622 e. The molecule has 1 aliphatic rings. The fourth-order valence-corrected chi connectivity index (χ4v) is 4.93. The molecule has 0 spiro atoms. The molecule has 0 aliphatic heterocycles. The third kappa shape index (κ3) is 3.25. The summed E-state index contributed by atoms with van der Waals surface area (Å²) in [6.07, 6.45) is 7.71. The van der Waals surface area contributed by atoms with Crippen molar-refractivity contribution in [1.82, 2.24) is 0 Å². The number of rotatable bonds is 4. The lowest BCUT2D eigenvalue weighted by Gasteiger charge is -2.26. The van der Waals surface area contributed by atoms with Crippen molar-refractivity contribution in [3.63, 3.8) is 0 Å². The first kappa shape index (κ1) is 16.6. The first-order valence-electron chi connectivity index (χ1n) is 10.3. The van der Waals surface area contributed by atoms with Gasteiger partial charge in [-0.1, -0.05) is 78.9 Å². The van der Waals surface area contributed by atoms with Crippen LogP contribution in [0, 0.1) is 5.92 Å². The third-order valence-electron chi connectivity index (χ3n) is 6.37. The van der Waals surface area contributed by atoms with E-state index >= 15 is 0 Å². The van der Waals surface area contributed by atoms with E-state index in [2.05, 4.69) is 78.9 Å². The van der Waals surface area contributed by atoms with Gasteiger partial charge in [-0.2, -0.15) is 0 Å². The normalized spacial score (nSPS) is 16.5. The average molecular weight is 351 g/mol. The number of aryl methyl sites for hydroxylation is 2. The maximum Gasteiger partial charge on any atom is -0.0102 e. The molecule has 4 aromatic carbocycles. The van der Waals surface area contributed by atoms with E-state index in [0.717, 1.165) is 5.92 Å². The second-order valence-electron chi connectivity index (χ2n) is 8.07. The number of fused-ring (bicyclic) bond motifs is 5. The Morgan fingerprint density at radius 3 is 2.44 bits per heavy atom. The van der Waals surface area contributed by atoms with Gasteiger partial charge in [0.05, 0.1) is 0 Å². The highest BCUT2D eigenvalue weighted by atomic mass is 14.2. The zero-order valence-corrected chi connectivity index (χ0v) is 15.8. The Kier molecular flexibility index (Phi) is 4.41. The summed E-state index contributed by atoms with van der Waals surface area (Å²) in [5.41, 5.74) is 4.68. The van der Waals surface area contributed by atoms with Gasteiger partial charge in [0, 0.05) is 0 Å². The Hall–Kier alpha value is -2.60. The number of hydrogen-bond donors (Lipinski definition) is 0. The Morgan fingerprint density at radius 1 is 0.704 bits per heavy atom. The van der Waals surface area contributed by atoms with Crippen molar-refractivity contribution in [3.05, 3.63) is 95.6 Å². The van der Waals surface area contributed by atoms with Crippen LogP contribution in [-0.2, 0) is 19.3 Å². The average Bonchev–Trinajstić information content (AvgIpc) is 2.74. The summed E-state index contributed by atoms with van der Waals surface area (Å²) in [6, 6.07) is 29.1. The molecule has 0 amide bonds. The molecule has 0 fully saturated rings. The molecule has 1 unspecified atom stereocenters. The third-order valence-corrected chi connectivity index (χ3v) is 6.37. The molecule has 0 bridgehead atoms. The molecule has 4 aromatic rings. The van der Waals surface area contributed by atoms with Gasteiger partial charge in [-0.3, -0.25) is 0 Å². The van der Waals surface area contributed by atoms with Crippen molar-refractivity contribution < 1.29 is 0 Å². The van der Waals surface area contributed by atoms with Crippen molar-refractivity contribution in [1.29, 1.82) is 0 Å². The van der Waals surface area contributed by atoms with Crippen LogP contribution in [0.3, 0.4) is 0 Å². The Balaban J connectivity index is 1.35. The fraction of sp³-hybridized carbons (Fsp3) is 0.259. The molecule has 0 saturated heterocycles. The molecule has 1 atom stereocenters. The van der Waals surface area contributed by atoms with Crippen molar-refractivity contribution in [2.24, 2.45) is 5.92 Å². The van der Waals surface area contributed by atoms with Crippen molar-refractivity contribution >= 4 is 21.5 Å². The molecule has 0 heterocycles. The van der Waals surface area contributed by atoms with E-state index in [-0.39, 0.29) is 0 Å². The van der Waals surface area contributed by atoms with Gasteiger partial charge in [-0.15, -0.1) is 0 Å². The largest absolute Gasteiger partial charge is 0.0622 e. The van der Waals surface area contributed by atoms with Gasteiger partial charge in [0.25, 0.3) is 0 Å². The predicted octanol–water partition coefficient (Wildman–Crippen LogP) is 7.12. The first-order valence-corrected chi connectivity index (χ1v) is 10.3. The van der Waals surface area contributed by atoms with Crippen LogP contribution in [0.25, 0.3) is 21.5 Å². The second kappa shape index (κ2) is 7.19. The van der Waals surface area contributed by atoms with Crippen LogP contribution in [0.5, 0.6) is 0 Å². The monoisotopic (exact) mass is 350 g/mol. The van der Waals surface area contributed by atoms with E-state index in [1.807, 2.05) is 0 Å². The molecule has 0 heteroatoms. The highest BCUT2D eigenvalue weighted by molar-refractivity contribution is 6.08. The van der Waals surface area contributed by atoms with Gasteiger partial charge in [-0.05, 0) is 82.7 Å². The van der Waals surface area contributed by atoms with Crippen molar-refractivity contribution in [2.45, 2.75) is 38.5 Å². The van der Waals surface area contributed by atoms with Gasteiger partial charge in [0.2, 0.25) is 0 Å². The molecule has 27 heavy (non-hydrogen) atoms. The van der Waals surface area contributed by atoms with Gasteiger partial charge >= 0.3 is 0 Å². The summed E-state index contributed by atoms with van der Waals surface area (Å²) < 4.78 is 0. The highest BCUT2D eigenvalue weighted by Gasteiger charge is 2.20. The number of hydrogen-bond acceptors (Lipinski definition) is 0. The second-order valence-corrected chi connectivity index (χ2v) is 8.07. The zero-order valence-electron chi connectivity index (χ0n) is 15.8. The number of benzene rings is 4. The van der Waals surface area contributed by atoms with Crippen LogP contribution in [-0.4, -0.2) is 0 Å². The van der Waals surface area contributed by atoms with Crippen LogP contribution in [0.2, 0.25) is 0 Å². The molecule has 0 saturated carbocycles. The van der Waals surface area contributed by atoms with Crippen LogP contribution < -0.4 is 0 Å². The van der Waals surface area contributed by atoms with Crippen molar-refractivity contribution in [3.8, 4) is 0 Å². The fourth-order valence-electron chi connectivity index (χ4n) is 4.93. The van der Waals surface area contributed by atoms with E-state index in [1.54, 1.807) is 11.1 Å². The van der Waals surface area contributed by atoms with Crippen molar-refractivity contribution in [2.75, 3.05) is 0 Å². The minimum atomic E-state index is 0.846. The summed E-state index contributed by atoms with van der Waals surface area (Å²) in [6.45, 7) is 0. The lowest BCUT2D eigenvalue weighted by molar-refractivity contribution is 0.416. The summed E-state index contributed by atoms with van der Waals surface area (Å²) in [5.74, 6) is 0.846. The summed E-state index contributed by atoms with van der Waals surface area (Å²) in [7, 11) is 0. The topological polar surface area (TPSA) is 0 Å². The lowest BCUT2D eigenvalue weighted by atomic mass is 9.79. The standard InChI is InChI=1S/C27H26/c1-2-7-20(8-3-1)9-6-10-21-13-16-25-23(19-21)15-18-26-24-12-5-4-11-22(24)14-17-27(25)26/h1-5,7-8,11-12,14-15,17-18,21H,6,9-10,13,16,19H2. The van der Waals surface area contributed by atoms with Crippen LogP contribution >= 0.6 is 0 Å². The maximum absolute atomic E-state index is 2.41. The SMILES string of the molecule is c1ccc(CCCC2CCc3c(ccc4c3ccc3ccccc34)C2)cc1. The predicted molar refractivity (Wildman–Crippen MR) is 116 cm³/mol. The van der Waals surface area contributed by atoms with E-state index in [9.17, 15) is 0 Å². The van der Waals surface area contributed by atoms with Crippen LogP contribution in [0.1, 0.15) is 36.0 Å². The zero-order chi connectivity index (χ0) is 18.1. The Bertz CT molecular complexity index is 1080. The highest BCUT2D eigenvalue weighted by Crippen LogP contribution is 2.36. The molecule has 134 valence electrons. The van der Waals surface area contributed by atoms with E-state index in [0.29, 0.717) is 0 Å². The molecule has 0 nitrogen and oxygen atoms in total. The van der Waals surface area contributed by atoms with Crippen LogP contribution in [0.15, 0.2) is 78.9 Å². The lowest BCUT2D eigenvalue weighted by Crippen LogP contribution is -2.15. The van der Waals surface area contributed by atoms with E-state index in [4.69, 9.17) is 0 Å². The van der Waals surface area contributed by atoms with Gasteiger partial charge in [-0.25, -0.2) is 0 Å². The Labute approximate surface area is 161 Å². The van der Waals surface area contributed by atoms with Gasteiger partial charge in [0.1, 0.15) is 0 Å². The van der Waals surface area contributed by atoms with E-state index < -0.39 is 0 Å². The summed E-state index contributed by atoms with van der Waals surface area (Å²) in [5, 5.41) is 5.64. The van der Waals surface area contributed by atoms with Gasteiger partial charge in [0.15, 0.2) is 0 Å². The minimum absolute atomic E-state index is 0.846. The van der Waals surface area contributed by atoms with Crippen LogP contribution in [0.4, 0.5) is 0 Å². The summed E-state index contributed by atoms with van der Waals surface area (Å²) >= 11 is 0. The molecule has 0 radical (unpaired) electrons. The molecular weight excluding hydrogens is 324 g/mol. The molecular formula is C27H26. The molecule has 0 N–H and O–H groups in total. The molecule has 0 aromatic heterocycles. The smallest absolute Gasteiger partial charge is 0.0102 e. The Morgan fingerprint density at radius 2 is 1.52 bits per heavy atom. The van der Waals surface area contributed by atoms with Gasteiger partial charge < -0.3 is 0 Å². The quantitative estimate of drug-likeness (QED) is 0.344.